The van der Waals surface area contributed by atoms with E-state index in [1.807, 2.05) is 12.1 Å². The van der Waals surface area contributed by atoms with Crippen molar-refractivity contribution in [3.05, 3.63) is 17.7 Å². The third-order valence-corrected chi connectivity index (χ3v) is 3.95. The Morgan fingerprint density at radius 1 is 1.27 bits per heavy atom. The second kappa shape index (κ2) is 7.17. The summed E-state index contributed by atoms with van der Waals surface area (Å²) >= 11 is 0. The summed E-state index contributed by atoms with van der Waals surface area (Å²) in [6.07, 6.45) is 0. The standard InChI is InChI=1S/C16H24N2O4/c1-12-9-18(4-3-17-12)10-13-7-15-16(22-11-21-15)8-14(13)20-6-5-19-2/h7-8,12,17H,3-6,9-11H2,1-2H3. The van der Waals surface area contributed by atoms with Crippen LogP contribution in [-0.2, 0) is 11.3 Å². The Labute approximate surface area is 131 Å². The van der Waals surface area contributed by atoms with E-state index in [1.165, 1.54) is 0 Å². The van der Waals surface area contributed by atoms with Crippen LogP contribution in [-0.4, -0.2) is 57.7 Å². The molecule has 0 saturated carbocycles. The number of piperazine rings is 1. The van der Waals surface area contributed by atoms with E-state index in [0.717, 1.165) is 49.0 Å². The Bertz CT molecular complexity index is 509. The fourth-order valence-corrected chi connectivity index (χ4v) is 2.86. The molecule has 1 saturated heterocycles. The molecular formula is C16H24N2O4. The molecule has 2 aliphatic rings. The van der Waals surface area contributed by atoms with Gasteiger partial charge in [0.1, 0.15) is 12.4 Å². The summed E-state index contributed by atoms with van der Waals surface area (Å²) < 4.78 is 21.9. The molecule has 122 valence electrons. The van der Waals surface area contributed by atoms with Gasteiger partial charge in [0.15, 0.2) is 11.5 Å². The Morgan fingerprint density at radius 3 is 2.86 bits per heavy atom. The van der Waals surface area contributed by atoms with Gasteiger partial charge in [0.25, 0.3) is 0 Å². The molecule has 0 radical (unpaired) electrons. The van der Waals surface area contributed by atoms with Gasteiger partial charge in [0, 0.05) is 51.0 Å². The minimum atomic E-state index is 0.279. The first-order valence-corrected chi connectivity index (χ1v) is 7.76. The van der Waals surface area contributed by atoms with Crippen molar-refractivity contribution in [2.45, 2.75) is 19.5 Å². The topological polar surface area (TPSA) is 52.2 Å². The number of benzene rings is 1. The van der Waals surface area contributed by atoms with Crippen molar-refractivity contribution in [1.29, 1.82) is 0 Å². The number of fused-ring (bicyclic) bond motifs is 1. The number of hydrogen-bond acceptors (Lipinski definition) is 6. The molecule has 1 atom stereocenters. The van der Waals surface area contributed by atoms with Crippen LogP contribution >= 0.6 is 0 Å². The number of rotatable bonds is 6. The third kappa shape index (κ3) is 3.63. The highest BCUT2D eigenvalue weighted by atomic mass is 16.7. The molecule has 3 rings (SSSR count). The van der Waals surface area contributed by atoms with E-state index in [9.17, 15) is 0 Å². The van der Waals surface area contributed by atoms with Gasteiger partial charge in [-0.3, -0.25) is 4.90 Å². The van der Waals surface area contributed by atoms with Crippen LogP contribution in [0, 0.1) is 0 Å². The Morgan fingerprint density at radius 2 is 2.09 bits per heavy atom. The Hall–Kier alpha value is -1.50. The van der Waals surface area contributed by atoms with Crippen molar-refractivity contribution in [3.63, 3.8) is 0 Å². The quantitative estimate of drug-likeness (QED) is 0.798. The molecule has 6 heteroatoms. The van der Waals surface area contributed by atoms with Gasteiger partial charge in [0.05, 0.1) is 6.61 Å². The van der Waals surface area contributed by atoms with Crippen LogP contribution in [0.15, 0.2) is 12.1 Å². The zero-order valence-electron chi connectivity index (χ0n) is 13.3. The van der Waals surface area contributed by atoms with Crippen LogP contribution in [0.5, 0.6) is 17.2 Å². The zero-order chi connectivity index (χ0) is 15.4. The largest absolute Gasteiger partial charge is 0.491 e. The highest BCUT2D eigenvalue weighted by Crippen LogP contribution is 2.38. The number of methoxy groups -OCH3 is 1. The normalized spacial score (nSPS) is 21.1. The van der Waals surface area contributed by atoms with Crippen LogP contribution in [0.25, 0.3) is 0 Å². The summed E-state index contributed by atoms with van der Waals surface area (Å²) in [5, 5.41) is 3.46. The molecule has 0 bridgehead atoms. The molecule has 22 heavy (non-hydrogen) atoms. The van der Waals surface area contributed by atoms with Crippen molar-refractivity contribution in [2.24, 2.45) is 0 Å². The fourth-order valence-electron chi connectivity index (χ4n) is 2.86. The summed E-state index contributed by atoms with van der Waals surface area (Å²) in [5.74, 6) is 2.41. The fraction of sp³-hybridized carbons (Fsp3) is 0.625. The van der Waals surface area contributed by atoms with Crippen molar-refractivity contribution in [3.8, 4) is 17.2 Å². The molecule has 2 heterocycles. The maximum Gasteiger partial charge on any atom is 0.231 e. The molecule has 1 aromatic rings. The molecule has 0 amide bonds. The lowest BCUT2D eigenvalue weighted by molar-refractivity contribution is 0.143. The molecule has 1 N–H and O–H groups in total. The Kier molecular flexibility index (Phi) is 5.02. The van der Waals surface area contributed by atoms with Crippen molar-refractivity contribution in [1.82, 2.24) is 10.2 Å². The predicted molar refractivity (Wildman–Crippen MR) is 82.7 cm³/mol. The van der Waals surface area contributed by atoms with Crippen molar-refractivity contribution in [2.75, 3.05) is 46.8 Å². The van der Waals surface area contributed by atoms with E-state index in [4.69, 9.17) is 18.9 Å². The van der Waals surface area contributed by atoms with Crippen molar-refractivity contribution < 1.29 is 18.9 Å². The van der Waals surface area contributed by atoms with Gasteiger partial charge < -0.3 is 24.3 Å². The second-order valence-corrected chi connectivity index (χ2v) is 5.74. The highest BCUT2D eigenvalue weighted by molar-refractivity contribution is 5.51. The monoisotopic (exact) mass is 308 g/mol. The third-order valence-electron chi connectivity index (χ3n) is 3.95. The minimum absolute atomic E-state index is 0.279. The number of nitrogens with zero attached hydrogens (tertiary/aromatic N) is 1. The van der Waals surface area contributed by atoms with E-state index in [2.05, 4.69) is 17.1 Å². The molecule has 0 aromatic heterocycles. The number of nitrogens with one attached hydrogen (secondary N) is 1. The van der Waals surface area contributed by atoms with Crippen molar-refractivity contribution >= 4 is 0 Å². The SMILES string of the molecule is COCCOc1cc2c(cc1CN1CCNC(C)C1)OCO2. The predicted octanol–water partition coefficient (Wildman–Crippen LogP) is 1.23. The van der Waals surface area contributed by atoms with Gasteiger partial charge >= 0.3 is 0 Å². The molecule has 0 spiro atoms. The summed E-state index contributed by atoms with van der Waals surface area (Å²) in [4.78, 5) is 2.43. The molecule has 6 nitrogen and oxygen atoms in total. The molecule has 1 fully saturated rings. The molecule has 0 aliphatic carbocycles. The van der Waals surface area contributed by atoms with Gasteiger partial charge in [-0.15, -0.1) is 0 Å². The summed E-state index contributed by atoms with van der Waals surface area (Å²) in [6.45, 7) is 7.53. The number of hydrogen-bond donors (Lipinski definition) is 1. The van der Waals surface area contributed by atoms with Crippen LogP contribution in [0.1, 0.15) is 12.5 Å². The zero-order valence-corrected chi connectivity index (χ0v) is 13.3. The smallest absolute Gasteiger partial charge is 0.231 e. The summed E-state index contributed by atoms with van der Waals surface area (Å²) in [6, 6.07) is 4.48. The highest BCUT2D eigenvalue weighted by Gasteiger charge is 2.21. The summed E-state index contributed by atoms with van der Waals surface area (Å²) in [7, 11) is 1.67. The van der Waals surface area contributed by atoms with Crippen LogP contribution in [0.3, 0.4) is 0 Å². The van der Waals surface area contributed by atoms with Gasteiger partial charge in [-0.2, -0.15) is 0 Å². The molecule has 1 aromatic carbocycles. The lowest BCUT2D eigenvalue weighted by Crippen LogP contribution is -2.48. The van der Waals surface area contributed by atoms with Gasteiger partial charge in [-0.1, -0.05) is 0 Å². The maximum atomic E-state index is 5.87. The van der Waals surface area contributed by atoms with E-state index in [0.29, 0.717) is 19.3 Å². The Balaban J connectivity index is 1.75. The van der Waals surface area contributed by atoms with E-state index >= 15 is 0 Å². The second-order valence-electron chi connectivity index (χ2n) is 5.74. The first kappa shape index (κ1) is 15.4. The van der Waals surface area contributed by atoms with Crippen LogP contribution < -0.4 is 19.5 Å². The van der Waals surface area contributed by atoms with Gasteiger partial charge in [0.2, 0.25) is 6.79 Å². The molecular weight excluding hydrogens is 284 g/mol. The number of ether oxygens (including phenoxy) is 4. The van der Waals surface area contributed by atoms with Crippen LogP contribution in [0.4, 0.5) is 0 Å². The van der Waals surface area contributed by atoms with Gasteiger partial charge in [-0.25, -0.2) is 0 Å². The average molecular weight is 308 g/mol. The average Bonchev–Trinajstić information content (AvgIpc) is 2.95. The van der Waals surface area contributed by atoms with E-state index < -0.39 is 0 Å². The van der Waals surface area contributed by atoms with E-state index in [1.54, 1.807) is 7.11 Å². The molecule has 1 unspecified atom stereocenters. The molecule has 2 aliphatic heterocycles. The minimum Gasteiger partial charge on any atom is -0.491 e. The van der Waals surface area contributed by atoms with Gasteiger partial charge in [-0.05, 0) is 13.0 Å². The van der Waals surface area contributed by atoms with Crippen LogP contribution in [0.2, 0.25) is 0 Å². The first-order valence-electron chi connectivity index (χ1n) is 7.76. The first-order chi connectivity index (χ1) is 10.8. The maximum absolute atomic E-state index is 5.87. The lowest BCUT2D eigenvalue weighted by Gasteiger charge is -2.32. The lowest BCUT2D eigenvalue weighted by atomic mass is 10.1. The van der Waals surface area contributed by atoms with E-state index in [-0.39, 0.29) is 6.79 Å². The summed E-state index contributed by atoms with van der Waals surface area (Å²) in [5.41, 5.74) is 1.13.